The van der Waals surface area contributed by atoms with E-state index in [0.29, 0.717) is 19.4 Å². The fourth-order valence-electron chi connectivity index (χ4n) is 4.02. The summed E-state index contributed by atoms with van der Waals surface area (Å²) in [6.45, 7) is -0.675. The molecular formula is C26H42FN11O13S. The van der Waals surface area contributed by atoms with E-state index in [-0.39, 0.29) is 35.6 Å². The first kappa shape index (κ1) is 45.0. The molecule has 0 spiro atoms. The molecule has 24 nitrogen and oxygen atoms in total. The van der Waals surface area contributed by atoms with Crippen LogP contribution in [0.5, 0.6) is 0 Å². The van der Waals surface area contributed by atoms with Crippen molar-refractivity contribution in [1.82, 2.24) is 35.5 Å². The monoisotopic (exact) mass is 767 g/mol. The highest BCUT2D eigenvalue weighted by atomic mass is 32.1. The van der Waals surface area contributed by atoms with Gasteiger partial charge in [0.05, 0.1) is 12.9 Å². The van der Waals surface area contributed by atoms with E-state index in [9.17, 15) is 43.4 Å². The zero-order valence-electron chi connectivity index (χ0n) is 27.2. The lowest BCUT2D eigenvalue weighted by atomic mass is 10.1. The molecule has 292 valence electrons. The highest BCUT2D eigenvalue weighted by Gasteiger charge is 2.44. The van der Waals surface area contributed by atoms with Gasteiger partial charge in [-0.25, -0.2) is 9.78 Å². The minimum absolute atomic E-state index is 0.0256. The van der Waals surface area contributed by atoms with Crippen LogP contribution in [0, 0.1) is 6.08 Å². The first-order chi connectivity index (χ1) is 24.3. The van der Waals surface area contributed by atoms with Crippen LogP contribution in [0.3, 0.4) is 0 Å². The molecule has 26 heteroatoms. The number of aliphatic hydroxyl groups excluding tert-OH is 3. The van der Waals surface area contributed by atoms with Gasteiger partial charge in [-0.05, 0) is 19.3 Å². The van der Waals surface area contributed by atoms with Gasteiger partial charge in [0.1, 0.15) is 43.0 Å². The Labute approximate surface area is 298 Å². The van der Waals surface area contributed by atoms with E-state index in [1.54, 1.807) is 0 Å². The summed E-state index contributed by atoms with van der Waals surface area (Å²) < 4.78 is 19.8. The number of fused-ring (bicyclic) bond motifs is 1. The molecule has 3 heterocycles. The van der Waals surface area contributed by atoms with Gasteiger partial charge in [0.25, 0.3) is 0 Å². The van der Waals surface area contributed by atoms with Crippen molar-refractivity contribution in [3.05, 3.63) is 12.4 Å². The molecule has 0 unspecified atom stereocenters. The van der Waals surface area contributed by atoms with Gasteiger partial charge in [0.15, 0.2) is 23.2 Å². The van der Waals surface area contributed by atoms with E-state index in [2.05, 4.69) is 43.5 Å². The Kier molecular flexibility index (Phi) is 19.1. The molecule has 0 bridgehead atoms. The summed E-state index contributed by atoms with van der Waals surface area (Å²) >= 11 is 3.87. The number of hydrogen-bond acceptors (Lipinski definition) is 17. The molecule has 0 aromatic carbocycles. The smallest absolute Gasteiger partial charge is 0.322 e. The van der Waals surface area contributed by atoms with Crippen LogP contribution in [0.2, 0.25) is 0 Å². The van der Waals surface area contributed by atoms with E-state index in [0.717, 1.165) is 0 Å². The number of rotatable bonds is 16. The maximum Gasteiger partial charge on any atom is 0.322 e. The summed E-state index contributed by atoms with van der Waals surface area (Å²) in [4.78, 5) is 74.9. The van der Waals surface area contributed by atoms with E-state index in [1.165, 1.54) is 10.9 Å². The first-order valence-corrected chi connectivity index (χ1v) is 15.6. The Morgan fingerprint density at radius 2 is 1.62 bits per heavy atom. The van der Waals surface area contributed by atoms with E-state index in [4.69, 9.17) is 48.1 Å². The number of hydrogen-bond donors (Lipinski definition) is 14. The minimum atomic E-state index is -1.32. The third kappa shape index (κ3) is 14.7. The van der Waals surface area contributed by atoms with Gasteiger partial charge in [-0.15, -0.1) is 0 Å². The van der Waals surface area contributed by atoms with E-state index < -0.39 is 97.6 Å². The Hall–Kier alpha value is -4.99. The number of nitrogen functional groups attached to an aromatic ring is 1. The lowest BCUT2D eigenvalue weighted by molar-refractivity contribution is -0.139. The zero-order valence-corrected chi connectivity index (χ0v) is 28.1. The molecular weight excluding hydrogens is 725 g/mol. The van der Waals surface area contributed by atoms with Crippen molar-refractivity contribution in [2.75, 3.05) is 31.2 Å². The van der Waals surface area contributed by atoms with Crippen molar-refractivity contribution < 1.29 is 68.5 Å². The number of imidazole rings is 1. The maximum atomic E-state index is 13.2. The number of nitrogens with two attached hydrogens (primary N) is 4. The molecule has 4 amide bonds. The second-order valence-electron chi connectivity index (χ2n) is 10.7. The number of halogens is 1. The van der Waals surface area contributed by atoms with Crippen LogP contribution >= 0.6 is 12.6 Å². The van der Waals surface area contributed by atoms with Crippen molar-refractivity contribution in [1.29, 1.82) is 0 Å². The number of primary amides is 1. The number of ether oxygens (including phenoxy) is 1. The SMILES string of the molecule is NC(=O)NCCC[C@H](N)C(=O)O.N[C@@H](CCC(=O)N[C@@H](CS)C(=O)NCC(=O)O)C(=O)O.Nc1nc(F)nc2c1ncn2[C@@H]1O[C@H](CO)[C@@H](O)[C@@H]1O. The maximum absolute atomic E-state index is 13.2. The number of aliphatic hydroxyl groups is 3. The highest BCUT2D eigenvalue weighted by Crippen LogP contribution is 2.31. The van der Waals surface area contributed by atoms with Gasteiger partial charge >= 0.3 is 30.0 Å². The molecule has 7 atom stereocenters. The molecule has 1 saturated heterocycles. The first-order valence-electron chi connectivity index (χ1n) is 15.0. The average molecular weight is 768 g/mol. The number of anilines is 1. The quantitative estimate of drug-likeness (QED) is 0.0431. The number of aromatic nitrogens is 4. The molecule has 0 saturated carbocycles. The summed E-state index contributed by atoms with van der Waals surface area (Å²) in [6, 6.07) is -3.62. The Balaban J connectivity index is 0.000000405. The number of nitrogens with zero attached hydrogens (tertiary/aromatic N) is 4. The van der Waals surface area contributed by atoms with Gasteiger partial charge in [-0.2, -0.15) is 27.0 Å². The van der Waals surface area contributed by atoms with Crippen LogP contribution in [0.4, 0.5) is 15.0 Å². The number of carboxylic acid groups (broad SMARTS) is 3. The lowest BCUT2D eigenvalue weighted by Crippen LogP contribution is -2.49. The molecule has 0 radical (unpaired) electrons. The predicted octanol–water partition coefficient (Wildman–Crippen LogP) is -5.20. The van der Waals surface area contributed by atoms with Gasteiger partial charge in [-0.1, -0.05) is 0 Å². The van der Waals surface area contributed by atoms with Crippen molar-refractivity contribution in [3.8, 4) is 0 Å². The van der Waals surface area contributed by atoms with Gasteiger partial charge in [0, 0.05) is 18.7 Å². The summed E-state index contributed by atoms with van der Waals surface area (Å²) in [5.41, 5.74) is 20.9. The summed E-state index contributed by atoms with van der Waals surface area (Å²) in [5, 5.41) is 60.7. The number of carbonyl (C=O) groups is 6. The highest BCUT2D eigenvalue weighted by molar-refractivity contribution is 7.80. The number of carboxylic acids is 3. The standard InChI is InChI=1S/C10H12FN5O4.C10H17N3O6S.C6H13N3O3/c11-10-14-7(12)4-8(15-10)16(2-13-4)9-6(19)5(18)3(1-17)20-9;11-5(10(18)19)1-2-7(14)13-6(4-20)9(17)12-3-8(15)16;7-4(5(10)11)2-1-3-9-6(8)12/h2-3,5-6,9,17-19H,1H2,(H2,12,14,15);5-6,20H,1-4,11H2,(H,12,17)(H,13,14)(H,15,16)(H,18,19);4H,1-3,7H2,(H,10,11)(H3,8,9,12)/t3-,5-,6+,9-;5-,6-;4-/m100/s1. The van der Waals surface area contributed by atoms with Gasteiger partial charge in [0.2, 0.25) is 11.8 Å². The number of amides is 4. The van der Waals surface area contributed by atoms with Gasteiger partial charge in [-0.3, -0.25) is 28.5 Å². The number of nitrogens with one attached hydrogen (secondary N) is 3. The Morgan fingerprint density at radius 1 is 1.00 bits per heavy atom. The van der Waals surface area contributed by atoms with Crippen molar-refractivity contribution in [2.24, 2.45) is 17.2 Å². The molecule has 52 heavy (non-hydrogen) atoms. The molecule has 2 aromatic rings. The molecule has 17 N–H and O–H groups in total. The van der Waals surface area contributed by atoms with Crippen molar-refractivity contribution in [3.63, 3.8) is 0 Å². The summed E-state index contributed by atoms with van der Waals surface area (Å²) in [7, 11) is 0. The minimum Gasteiger partial charge on any atom is -0.480 e. The number of carbonyl (C=O) groups excluding carboxylic acids is 3. The zero-order chi connectivity index (χ0) is 39.7. The van der Waals surface area contributed by atoms with Crippen molar-refractivity contribution in [2.45, 2.75) is 68.3 Å². The van der Waals surface area contributed by atoms with Crippen LogP contribution < -0.4 is 38.9 Å². The van der Waals surface area contributed by atoms with Crippen LogP contribution in [0.1, 0.15) is 31.9 Å². The van der Waals surface area contributed by atoms with E-state index in [1.807, 2.05) is 0 Å². The average Bonchev–Trinajstić information content (AvgIpc) is 3.63. The predicted molar refractivity (Wildman–Crippen MR) is 176 cm³/mol. The van der Waals surface area contributed by atoms with Gasteiger partial charge < -0.3 is 74.3 Å². The fraction of sp³-hybridized carbons (Fsp3) is 0.577. The van der Waals surface area contributed by atoms with E-state index >= 15 is 0 Å². The molecule has 0 aliphatic carbocycles. The lowest BCUT2D eigenvalue weighted by Gasteiger charge is -2.16. The van der Waals surface area contributed by atoms with Crippen LogP contribution in [-0.4, -0.2) is 148 Å². The number of thiol groups is 1. The summed E-state index contributed by atoms with van der Waals surface area (Å²) in [6.07, 6.45) is -3.78. The Morgan fingerprint density at radius 3 is 2.13 bits per heavy atom. The number of aliphatic carboxylic acids is 3. The van der Waals surface area contributed by atoms with Crippen LogP contribution in [-0.2, 0) is 28.7 Å². The Bertz CT molecular complexity index is 1540. The van der Waals surface area contributed by atoms with Crippen LogP contribution in [0.15, 0.2) is 6.33 Å². The third-order valence-corrected chi connectivity index (χ3v) is 7.13. The topological polar surface area (TPSA) is 417 Å². The largest absolute Gasteiger partial charge is 0.480 e. The second-order valence-corrected chi connectivity index (χ2v) is 11.1. The molecule has 1 aliphatic heterocycles. The molecule has 1 aliphatic rings. The second kappa shape index (κ2) is 22.1. The van der Waals surface area contributed by atoms with Crippen molar-refractivity contribution >= 4 is 65.4 Å². The molecule has 3 rings (SSSR count). The molecule has 2 aromatic heterocycles. The number of urea groups is 1. The fourth-order valence-corrected chi connectivity index (χ4v) is 4.28. The third-order valence-electron chi connectivity index (χ3n) is 6.77. The normalized spacial score (nSPS) is 19.4. The summed E-state index contributed by atoms with van der Waals surface area (Å²) in [5.74, 6) is -4.88. The van der Waals surface area contributed by atoms with Crippen LogP contribution in [0.25, 0.3) is 11.2 Å². The molecule has 1 fully saturated rings.